The number of carbonyl (C=O) groups is 2. The summed E-state index contributed by atoms with van der Waals surface area (Å²) in [6.45, 7) is 1.95. The van der Waals surface area contributed by atoms with Gasteiger partial charge in [-0.2, -0.15) is 9.34 Å². The molecule has 0 spiro atoms. The molecule has 3 aliphatic rings. The van der Waals surface area contributed by atoms with Crippen LogP contribution in [0.1, 0.15) is 47.4 Å². The van der Waals surface area contributed by atoms with E-state index in [-0.39, 0.29) is 18.4 Å². The van der Waals surface area contributed by atoms with Crippen molar-refractivity contribution in [2.45, 2.75) is 31.0 Å². The maximum absolute atomic E-state index is 15.3. The first-order valence-electron chi connectivity index (χ1n) is 12.8. The molecule has 0 saturated carbocycles. The Balaban J connectivity index is 1.62. The van der Waals surface area contributed by atoms with Crippen LogP contribution in [0, 0.1) is 0 Å². The number of benzene rings is 2. The molecule has 1 fully saturated rings. The number of halogens is 1. The van der Waals surface area contributed by atoms with Crippen LogP contribution >= 0.6 is 53.9 Å². The first kappa shape index (κ1) is 28.5. The number of hydrogen-bond acceptors (Lipinski definition) is 8. The summed E-state index contributed by atoms with van der Waals surface area (Å²) in [4.78, 5) is 57.9. The number of anilines is 2. The van der Waals surface area contributed by atoms with Crippen molar-refractivity contribution in [3.05, 3.63) is 59.7 Å². The fourth-order valence-corrected chi connectivity index (χ4v) is 20.8. The third-order valence-corrected chi connectivity index (χ3v) is 19.8. The van der Waals surface area contributed by atoms with Crippen molar-refractivity contribution in [1.29, 1.82) is 0 Å². The molecule has 5 rings (SSSR count). The highest BCUT2D eigenvalue weighted by atomic mass is 79.9. The van der Waals surface area contributed by atoms with Gasteiger partial charge in [0.05, 0.1) is 48.7 Å². The predicted octanol–water partition coefficient (Wildman–Crippen LogP) is 5.05. The van der Waals surface area contributed by atoms with Crippen LogP contribution in [0.25, 0.3) is 0 Å². The number of nitrogens with zero attached hydrogens (tertiary/aromatic N) is 4. The van der Waals surface area contributed by atoms with E-state index in [1.807, 2.05) is 59.6 Å². The van der Waals surface area contributed by atoms with Crippen LogP contribution in [-0.4, -0.2) is 62.7 Å². The van der Waals surface area contributed by atoms with Crippen LogP contribution in [0.3, 0.4) is 0 Å². The summed E-state index contributed by atoms with van der Waals surface area (Å²) in [5.41, 5.74) is 2.38. The molecule has 13 heteroatoms. The van der Waals surface area contributed by atoms with E-state index in [4.69, 9.17) is 0 Å². The molecule has 3 heterocycles. The van der Waals surface area contributed by atoms with Gasteiger partial charge in [-0.25, -0.2) is 9.34 Å². The zero-order chi connectivity index (χ0) is 27.1. The van der Waals surface area contributed by atoms with Crippen LogP contribution in [0.4, 0.5) is 11.4 Å². The molecule has 3 atom stereocenters. The maximum atomic E-state index is 15.3. The van der Waals surface area contributed by atoms with Gasteiger partial charge in [0.2, 0.25) is 11.3 Å². The number of rotatable bonds is 8. The number of thioether (sulfide) groups is 1. The molecule has 38 heavy (non-hydrogen) atoms. The highest BCUT2D eigenvalue weighted by Crippen LogP contribution is 2.82. The first-order chi connectivity index (χ1) is 18.3. The molecule has 0 bridgehead atoms. The Kier molecular flexibility index (Phi) is 8.57. The molecule has 1 saturated heterocycles. The molecule has 0 N–H and O–H groups in total. The van der Waals surface area contributed by atoms with Gasteiger partial charge in [0, 0.05) is 11.1 Å². The summed E-state index contributed by atoms with van der Waals surface area (Å²) in [7, 11) is -3.55. The van der Waals surface area contributed by atoms with Crippen molar-refractivity contribution >= 4 is 77.0 Å². The molecule has 3 aliphatic heterocycles. The monoisotopic (exact) mass is 656 g/mol. The minimum Gasteiger partial charge on any atom is -0.641 e. The van der Waals surface area contributed by atoms with Crippen molar-refractivity contribution in [1.82, 2.24) is 9.34 Å². The van der Waals surface area contributed by atoms with E-state index in [1.54, 1.807) is 12.1 Å². The van der Waals surface area contributed by atoms with E-state index in [0.717, 1.165) is 17.8 Å². The molecular weight excluding hydrogens is 626 g/mol. The van der Waals surface area contributed by atoms with Crippen LogP contribution < -0.4 is 19.1 Å². The van der Waals surface area contributed by atoms with Crippen molar-refractivity contribution < 1.29 is 19.4 Å². The summed E-state index contributed by atoms with van der Waals surface area (Å²) in [5.74, 6) is 0.136. The van der Waals surface area contributed by atoms with Gasteiger partial charge in [0.15, 0.2) is 7.79 Å². The van der Waals surface area contributed by atoms with Crippen LogP contribution in [0.5, 0.6) is 0 Å². The van der Waals surface area contributed by atoms with Gasteiger partial charge >= 0.3 is 0 Å². The lowest BCUT2D eigenvalue weighted by Gasteiger charge is -2.56. The summed E-state index contributed by atoms with van der Waals surface area (Å²) < 4.78 is 6.07. The Bertz CT molecular complexity index is 1230. The van der Waals surface area contributed by atoms with Gasteiger partial charge < -0.3 is 9.79 Å². The van der Waals surface area contributed by atoms with Crippen LogP contribution in [0.15, 0.2) is 48.5 Å². The zero-order valence-electron chi connectivity index (χ0n) is 21.4. The van der Waals surface area contributed by atoms with E-state index >= 15 is 9.79 Å². The number of hydrogen-bond donors (Lipinski definition) is 0. The highest BCUT2D eigenvalue weighted by Gasteiger charge is 2.63. The lowest BCUT2D eigenvalue weighted by molar-refractivity contribution is -0.181. The van der Waals surface area contributed by atoms with Crippen molar-refractivity contribution in [2.75, 3.05) is 46.6 Å². The Morgan fingerprint density at radius 2 is 1.47 bits per heavy atom. The van der Waals surface area contributed by atoms with Gasteiger partial charge in [0.1, 0.15) is 11.4 Å². The molecular formula is C25H31BrN4O4P2S2. The molecule has 0 aromatic heterocycles. The van der Waals surface area contributed by atoms with E-state index in [2.05, 4.69) is 15.9 Å². The Labute approximate surface area is 242 Å². The zero-order valence-corrected chi connectivity index (χ0v) is 26.4. The number of carbonyl (C=O) groups excluding carboxylic acids is 2. The van der Waals surface area contributed by atoms with Gasteiger partial charge in [-0.15, -0.1) is 0 Å². The van der Waals surface area contributed by atoms with Gasteiger partial charge in [-0.05, 0) is 37.1 Å². The normalized spacial score (nSPS) is 26.8. The van der Waals surface area contributed by atoms with E-state index in [0.29, 0.717) is 59.6 Å². The van der Waals surface area contributed by atoms with Crippen molar-refractivity contribution in [3.63, 3.8) is 0 Å². The summed E-state index contributed by atoms with van der Waals surface area (Å²) in [5, 5.41) is 0.459. The van der Waals surface area contributed by atoms with Gasteiger partial charge in [0.25, 0.3) is 11.8 Å². The predicted molar refractivity (Wildman–Crippen MR) is 162 cm³/mol. The summed E-state index contributed by atoms with van der Waals surface area (Å²) in [6, 6.07) is 14.6. The Morgan fingerprint density at radius 3 is 2.13 bits per heavy atom. The van der Waals surface area contributed by atoms with E-state index < -0.39 is 19.1 Å². The molecule has 0 radical (unpaired) electrons. The minimum atomic E-state index is -3.63. The second-order valence-electron chi connectivity index (χ2n) is 9.19. The Hall–Kier alpha value is -1.06. The lowest BCUT2D eigenvalue weighted by Crippen LogP contribution is -2.56. The SMILES string of the molecule is CCCN1c2ccccc2C(=O)N(CCBr)[P+]1([O-])SC1SCCN2c3ccccc3C(=O)N(CCC)[P+]12[O-]. The smallest absolute Gasteiger partial charge is 0.289 e. The molecule has 3 unspecified atom stereocenters. The molecule has 2 amide bonds. The van der Waals surface area contributed by atoms with Gasteiger partial charge in [-0.3, -0.25) is 9.59 Å². The summed E-state index contributed by atoms with van der Waals surface area (Å²) in [6.07, 6.45) is 1.37. The second kappa shape index (κ2) is 11.4. The number of amides is 2. The largest absolute Gasteiger partial charge is 0.641 e. The van der Waals surface area contributed by atoms with Crippen molar-refractivity contribution in [3.8, 4) is 0 Å². The minimum absolute atomic E-state index is 0.249. The van der Waals surface area contributed by atoms with Crippen molar-refractivity contribution in [2.24, 2.45) is 0 Å². The quantitative estimate of drug-likeness (QED) is 0.288. The number of alkyl halides is 1. The van der Waals surface area contributed by atoms with Crippen LogP contribution in [-0.2, 0) is 0 Å². The lowest BCUT2D eigenvalue weighted by atomic mass is 10.1. The molecule has 204 valence electrons. The third-order valence-electron chi connectivity index (χ3n) is 6.83. The standard InChI is InChI=1S/C25H31BrN4O4P2S2/c1-3-14-28-22-12-8-6-10-20(22)24(32)30(16-13-26)36(28,34)38-25-35(33)27(17-18-37-25)21-11-7-5-9-19(21)23(31)29(35)15-4-2/h5-12,25H,3-4,13-18H2,1-2H3. The third kappa shape index (κ3) is 4.47. The van der Waals surface area contributed by atoms with E-state index in [9.17, 15) is 9.59 Å². The van der Waals surface area contributed by atoms with Gasteiger partial charge in [-0.1, -0.05) is 65.8 Å². The first-order valence-corrected chi connectivity index (χ1v) is 19.7. The summed E-state index contributed by atoms with van der Waals surface area (Å²) >= 11 is 6.06. The molecule has 0 aliphatic carbocycles. The topological polar surface area (TPSA) is 93.2 Å². The van der Waals surface area contributed by atoms with E-state index in [1.165, 1.54) is 21.1 Å². The second-order valence-corrected chi connectivity index (χ2v) is 19.5. The average Bonchev–Trinajstić information content (AvgIpc) is 2.92. The molecule has 2 aromatic carbocycles. The fourth-order valence-electron chi connectivity index (χ4n) is 5.21. The number of para-hydroxylation sites is 2. The van der Waals surface area contributed by atoms with Crippen LogP contribution in [0.2, 0.25) is 0 Å². The highest BCUT2D eigenvalue weighted by molar-refractivity contribution is 9.09. The molecule has 8 nitrogen and oxygen atoms in total. The maximum Gasteiger partial charge on any atom is 0.289 e. The fraction of sp³-hybridized carbons (Fsp3) is 0.440. The number of fused-ring (bicyclic) bond motifs is 4. The Morgan fingerprint density at radius 1 is 0.895 bits per heavy atom. The average molecular weight is 658 g/mol. The molecule has 2 aromatic rings.